The second-order valence-electron chi connectivity index (χ2n) is 5.59. The lowest BCUT2D eigenvalue weighted by atomic mass is 10.4. The zero-order valence-corrected chi connectivity index (χ0v) is 22.2. The Bertz CT molecular complexity index is 855. The maximum absolute atomic E-state index is 12.1. The molecule has 3 N–H and O–H groups in total. The van der Waals surface area contributed by atoms with E-state index in [-0.39, 0.29) is 0 Å². The van der Waals surface area contributed by atoms with Crippen LogP contribution >= 0.6 is 39.1 Å². The van der Waals surface area contributed by atoms with E-state index in [0.717, 1.165) is 0 Å². The van der Waals surface area contributed by atoms with Gasteiger partial charge >= 0.3 is 0 Å². The zero-order chi connectivity index (χ0) is 28.3. The summed E-state index contributed by atoms with van der Waals surface area (Å²) in [7, 11) is -26.2. The molecule has 22 nitrogen and oxygen atoms in total. The van der Waals surface area contributed by atoms with Crippen molar-refractivity contribution in [1.29, 1.82) is 0 Å². The average Bonchev–Trinajstić information content (AvgIpc) is 2.71. The number of phosphoric ester groups is 5. The summed E-state index contributed by atoms with van der Waals surface area (Å²) in [4.78, 5) is 65.4. The molecule has 0 heterocycles. The van der Waals surface area contributed by atoms with E-state index in [4.69, 9.17) is 15.1 Å². The molecular weight excluding hydrogens is 615 g/mol. The van der Waals surface area contributed by atoms with Crippen LogP contribution in [0.25, 0.3) is 0 Å². The minimum atomic E-state index is -5.69. The first kappa shape index (κ1) is 36.5. The van der Waals surface area contributed by atoms with Gasteiger partial charge in [-0.05, 0) is 0 Å². The topological polar surface area (TPSA) is 344 Å². The summed E-state index contributed by atoms with van der Waals surface area (Å²) in [6, 6.07) is 0. The molecule has 0 aromatic carbocycles. The fourth-order valence-corrected chi connectivity index (χ4v) is 4.53. The van der Waals surface area contributed by atoms with Gasteiger partial charge in [0.05, 0.1) is 26.4 Å². The summed E-state index contributed by atoms with van der Waals surface area (Å²) in [5.74, 6) is 0. The Morgan fingerprint density at radius 3 is 1.25 bits per heavy atom. The van der Waals surface area contributed by atoms with Crippen molar-refractivity contribution >= 4 is 39.1 Å². The zero-order valence-electron chi connectivity index (χ0n) is 17.7. The van der Waals surface area contributed by atoms with Gasteiger partial charge in [-0.3, -0.25) is 31.9 Å². The van der Waals surface area contributed by atoms with Gasteiger partial charge in [0.2, 0.25) is 0 Å². The second kappa shape index (κ2) is 15.9. The van der Waals surface area contributed by atoms with Crippen LogP contribution in [0, 0.1) is 0 Å². The van der Waals surface area contributed by atoms with Crippen LogP contribution < -0.4 is 24.5 Å². The van der Waals surface area contributed by atoms with Crippen LogP contribution in [0.1, 0.15) is 0 Å². The number of hydrogen-bond donors (Lipinski definition) is 3. The maximum Gasteiger partial charge on any atom is 0.270 e. The third-order valence-corrected chi connectivity index (χ3v) is 7.19. The third kappa shape index (κ3) is 18.7. The Kier molecular flexibility index (Phi) is 16.1. The Labute approximate surface area is 202 Å². The predicted molar refractivity (Wildman–Crippen MR) is 97.2 cm³/mol. The van der Waals surface area contributed by atoms with Gasteiger partial charge in [-0.15, -0.1) is 0 Å². The number of rotatable bonds is 21. The number of aliphatic hydroxyl groups excluding tert-OH is 2. The van der Waals surface area contributed by atoms with Crippen molar-refractivity contribution in [3.8, 4) is 0 Å². The molecule has 0 bridgehead atoms. The van der Waals surface area contributed by atoms with Crippen LogP contribution in [-0.4, -0.2) is 74.4 Å². The van der Waals surface area contributed by atoms with Gasteiger partial charge in [0.15, 0.2) is 13.6 Å². The molecule has 0 aliphatic carbocycles. The lowest BCUT2D eigenvalue weighted by Crippen LogP contribution is -2.31. The van der Waals surface area contributed by atoms with Gasteiger partial charge in [-0.2, -0.15) is 0 Å². The Morgan fingerprint density at radius 1 is 0.583 bits per heavy atom. The summed E-state index contributed by atoms with van der Waals surface area (Å²) in [5, 5.41) is 16.9. The van der Waals surface area contributed by atoms with E-state index in [1.165, 1.54) is 0 Å². The van der Waals surface area contributed by atoms with Gasteiger partial charge < -0.3 is 71.2 Å². The van der Waals surface area contributed by atoms with Gasteiger partial charge in [-0.25, -0.2) is 0 Å². The first-order valence-corrected chi connectivity index (χ1v) is 15.9. The van der Waals surface area contributed by atoms with Crippen LogP contribution in [-0.2, 0) is 63.5 Å². The molecule has 0 fully saturated rings. The summed E-state index contributed by atoms with van der Waals surface area (Å²) in [6.07, 6.45) is -4.28. The van der Waals surface area contributed by atoms with Gasteiger partial charge in [-0.1, -0.05) is 0 Å². The molecule has 36 heavy (non-hydrogen) atoms. The Morgan fingerprint density at radius 2 is 0.917 bits per heavy atom. The van der Waals surface area contributed by atoms with Crippen LogP contribution in [0.3, 0.4) is 0 Å². The van der Waals surface area contributed by atoms with E-state index < -0.39 is 91.3 Å². The highest BCUT2D eigenvalue weighted by atomic mass is 31.2. The predicted octanol–water partition coefficient (Wildman–Crippen LogP) is -4.26. The summed E-state index contributed by atoms with van der Waals surface area (Å²) >= 11 is 0. The molecule has 0 aliphatic rings. The molecule has 0 rings (SSSR count). The van der Waals surface area contributed by atoms with Gasteiger partial charge in [0.25, 0.3) is 39.1 Å². The molecule has 0 aromatic heterocycles. The molecule has 0 aliphatic heterocycles. The summed E-state index contributed by atoms with van der Waals surface area (Å²) < 4.78 is 93.5. The Hall–Kier alpha value is 0.470. The number of phosphoric acid groups is 5. The van der Waals surface area contributed by atoms with Crippen molar-refractivity contribution in [3.63, 3.8) is 0 Å². The lowest BCUT2D eigenvalue weighted by Gasteiger charge is -2.33. The van der Waals surface area contributed by atoms with Gasteiger partial charge in [0.1, 0.15) is 12.2 Å². The van der Waals surface area contributed by atoms with Crippen LogP contribution in [0.5, 0.6) is 0 Å². The monoisotopic (exact) mass is 635 g/mol. The standard InChI is InChI=1S/C9H25O22P5/c1-23-33(15,16)30-8(2-24-32(12,13)14)5-27-36(21,22)31-9(3-25-34(17,18)28-6-10)4-26-35(19,20)29-7-11/h8-11H,2-7H2,1H3,(H,15,16)(H,17,18)(H,19,20)(H,21,22)(H2,12,13,14)/p-5. The van der Waals surface area contributed by atoms with Crippen molar-refractivity contribution in [2.45, 2.75) is 12.2 Å². The molecular formula is C9H20O22P5-5. The van der Waals surface area contributed by atoms with Crippen molar-refractivity contribution in [2.75, 3.05) is 47.1 Å². The smallest absolute Gasteiger partial charge is 0.270 e. The molecule has 0 saturated heterocycles. The van der Waals surface area contributed by atoms with Gasteiger partial charge in [0, 0.05) is 7.11 Å². The number of hydrogen-bond acceptors (Lipinski definition) is 21. The molecule has 0 saturated carbocycles. The van der Waals surface area contributed by atoms with E-state index in [1.54, 1.807) is 0 Å². The fraction of sp³-hybridized carbons (Fsp3) is 1.00. The molecule has 0 aromatic rings. The molecule has 0 spiro atoms. The SMILES string of the molecule is COP(=O)([O-])OC(COP(=O)([O-])O)COP(=O)([O-])OC(COP(=O)([O-])OCO)COP(=O)([O-])OCO. The van der Waals surface area contributed by atoms with Crippen molar-refractivity contribution in [3.05, 3.63) is 0 Å². The van der Waals surface area contributed by atoms with E-state index >= 15 is 0 Å². The van der Waals surface area contributed by atoms with Crippen LogP contribution in [0.4, 0.5) is 0 Å². The number of aliphatic hydroxyl groups is 2. The molecule has 6 atom stereocenters. The molecule has 6 unspecified atom stereocenters. The molecule has 0 radical (unpaired) electrons. The van der Waals surface area contributed by atoms with E-state index in [9.17, 15) is 47.3 Å². The van der Waals surface area contributed by atoms with E-state index in [1.807, 2.05) is 0 Å². The van der Waals surface area contributed by atoms with Crippen LogP contribution in [0.2, 0.25) is 0 Å². The Balaban J connectivity index is 5.43. The largest absolute Gasteiger partial charge is 0.756 e. The van der Waals surface area contributed by atoms with Crippen LogP contribution in [0.15, 0.2) is 0 Å². The lowest BCUT2D eigenvalue weighted by molar-refractivity contribution is -0.249. The first-order valence-electron chi connectivity index (χ1n) is 8.55. The highest BCUT2D eigenvalue weighted by Gasteiger charge is 2.27. The highest BCUT2D eigenvalue weighted by Crippen LogP contribution is 2.46. The molecule has 27 heteroatoms. The molecule has 0 amide bonds. The van der Waals surface area contributed by atoms with Crippen molar-refractivity contribution in [1.82, 2.24) is 0 Å². The average molecular weight is 635 g/mol. The minimum Gasteiger partial charge on any atom is -0.756 e. The van der Waals surface area contributed by atoms with Crippen molar-refractivity contribution < 1.29 is 103 Å². The normalized spacial score (nSPS) is 22.4. The maximum atomic E-state index is 12.1. The van der Waals surface area contributed by atoms with E-state index in [0.29, 0.717) is 7.11 Å². The second-order valence-corrected chi connectivity index (χ2v) is 12.4. The highest BCUT2D eigenvalue weighted by molar-refractivity contribution is 7.47. The summed E-state index contributed by atoms with van der Waals surface area (Å²) in [6.45, 7) is -8.16. The first-order chi connectivity index (χ1) is 16.3. The van der Waals surface area contributed by atoms with E-state index in [2.05, 4.69) is 40.7 Å². The fourth-order valence-electron chi connectivity index (χ4n) is 1.57. The minimum absolute atomic E-state index is 0.619. The van der Waals surface area contributed by atoms with Crippen molar-refractivity contribution in [2.24, 2.45) is 0 Å². The third-order valence-electron chi connectivity index (χ3n) is 2.89. The summed E-state index contributed by atoms with van der Waals surface area (Å²) in [5.41, 5.74) is 0. The quantitative estimate of drug-likeness (QED) is 0.0793. The molecule has 218 valence electrons.